The Morgan fingerprint density at radius 3 is 2.80 bits per heavy atom. The minimum absolute atomic E-state index is 0.116. The van der Waals surface area contributed by atoms with Crippen molar-refractivity contribution in [1.29, 1.82) is 0 Å². The average molecular weight is 269 g/mol. The molecule has 0 bridgehead atoms. The number of methoxy groups -OCH3 is 1. The van der Waals surface area contributed by atoms with Crippen LogP contribution in [0.4, 0.5) is 0 Å². The third-order valence-electron chi connectivity index (χ3n) is 3.46. The first-order valence-corrected chi connectivity index (χ1v) is 6.31. The minimum atomic E-state index is -0.116. The molecule has 2 aromatic heterocycles. The smallest absolute Gasteiger partial charge is 0.334 e. The molecule has 0 fully saturated rings. The van der Waals surface area contributed by atoms with Crippen molar-refractivity contribution < 1.29 is 4.74 Å². The highest BCUT2D eigenvalue weighted by Gasteiger charge is 2.14. The SMILES string of the molecule is COc1ccc(C)c(-n2c(=O)n(C)c3ncccc32)c1. The number of aryl methyl sites for hydroxylation is 2. The molecule has 0 amide bonds. The molecule has 0 saturated heterocycles. The third kappa shape index (κ3) is 1.71. The predicted molar refractivity (Wildman–Crippen MR) is 77.6 cm³/mol. The molecule has 0 N–H and O–H groups in total. The summed E-state index contributed by atoms with van der Waals surface area (Å²) < 4.78 is 8.47. The maximum Gasteiger partial charge on any atom is 0.334 e. The topological polar surface area (TPSA) is 49.0 Å². The van der Waals surface area contributed by atoms with Gasteiger partial charge in [-0.1, -0.05) is 6.07 Å². The fourth-order valence-corrected chi connectivity index (χ4v) is 2.35. The number of nitrogens with zero attached hydrogens (tertiary/aromatic N) is 3. The van der Waals surface area contributed by atoms with Gasteiger partial charge in [0.25, 0.3) is 0 Å². The molecule has 0 aliphatic heterocycles. The molecule has 5 heteroatoms. The van der Waals surface area contributed by atoms with Crippen LogP contribution in [-0.4, -0.2) is 21.2 Å². The maximum atomic E-state index is 12.5. The van der Waals surface area contributed by atoms with Gasteiger partial charge in [0, 0.05) is 19.3 Å². The molecule has 0 aliphatic rings. The summed E-state index contributed by atoms with van der Waals surface area (Å²) in [5.74, 6) is 0.721. The van der Waals surface area contributed by atoms with E-state index in [9.17, 15) is 4.79 Å². The molecular weight excluding hydrogens is 254 g/mol. The summed E-state index contributed by atoms with van der Waals surface area (Å²) in [4.78, 5) is 16.8. The van der Waals surface area contributed by atoms with Crippen molar-refractivity contribution in [2.75, 3.05) is 7.11 Å². The molecular formula is C15H15N3O2. The Balaban J connectivity index is 2.41. The van der Waals surface area contributed by atoms with Gasteiger partial charge in [-0.15, -0.1) is 0 Å². The number of ether oxygens (including phenoxy) is 1. The van der Waals surface area contributed by atoms with E-state index in [0.29, 0.717) is 5.65 Å². The van der Waals surface area contributed by atoms with Gasteiger partial charge in [0.15, 0.2) is 5.65 Å². The maximum absolute atomic E-state index is 12.5. The lowest BCUT2D eigenvalue weighted by Crippen LogP contribution is -2.21. The van der Waals surface area contributed by atoms with E-state index in [1.54, 1.807) is 29.5 Å². The lowest BCUT2D eigenvalue weighted by atomic mass is 10.2. The summed E-state index contributed by atoms with van der Waals surface area (Å²) >= 11 is 0. The highest BCUT2D eigenvalue weighted by molar-refractivity contribution is 5.74. The molecule has 0 radical (unpaired) electrons. The van der Waals surface area contributed by atoms with Gasteiger partial charge in [-0.2, -0.15) is 0 Å². The third-order valence-corrected chi connectivity index (χ3v) is 3.46. The molecule has 0 saturated carbocycles. The Morgan fingerprint density at radius 2 is 2.05 bits per heavy atom. The molecule has 0 atom stereocenters. The van der Waals surface area contributed by atoms with E-state index < -0.39 is 0 Å². The highest BCUT2D eigenvalue weighted by atomic mass is 16.5. The normalized spacial score (nSPS) is 10.9. The first-order chi connectivity index (χ1) is 9.63. The summed E-state index contributed by atoms with van der Waals surface area (Å²) in [5.41, 5.74) is 3.16. The zero-order valence-corrected chi connectivity index (χ0v) is 11.6. The number of hydrogen-bond acceptors (Lipinski definition) is 3. The minimum Gasteiger partial charge on any atom is -0.497 e. The van der Waals surface area contributed by atoms with Gasteiger partial charge in [-0.3, -0.25) is 9.13 Å². The largest absolute Gasteiger partial charge is 0.497 e. The van der Waals surface area contributed by atoms with Gasteiger partial charge >= 0.3 is 5.69 Å². The number of benzene rings is 1. The quantitative estimate of drug-likeness (QED) is 0.715. The van der Waals surface area contributed by atoms with E-state index in [-0.39, 0.29) is 5.69 Å². The zero-order chi connectivity index (χ0) is 14.3. The average Bonchev–Trinajstić information content (AvgIpc) is 2.72. The Labute approximate surface area is 116 Å². The molecule has 3 rings (SSSR count). The summed E-state index contributed by atoms with van der Waals surface area (Å²) in [6, 6.07) is 9.41. The van der Waals surface area contributed by atoms with E-state index in [1.165, 1.54) is 0 Å². The molecule has 0 unspecified atom stereocenters. The lowest BCUT2D eigenvalue weighted by Gasteiger charge is -2.09. The molecule has 102 valence electrons. The first kappa shape index (κ1) is 12.5. The van der Waals surface area contributed by atoms with Crippen molar-refractivity contribution in [3.63, 3.8) is 0 Å². The second kappa shape index (κ2) is 4.52. The number of imidazole rings is 1. The summed E-state index contributed by atoms with van der Waals surface area (Å²) in [6.07, 6.45) is 1.69. The second-order valence-electron chi connectivity index (χ2n) is 4.68. The van der Waals surface area contributed by atoms with E-state index in [2.05, 4.69) is 4.98 Å². The van der Waals surface area contributed by atoms with Crippen LogP contribution in [-0.2, 0) is 7.05 Å². The molecule has 1 aromatic carbocycles. The van der Waals surface area contributed by atoms with Crippen LogP contribution < -0.4 is 10.4 Å². The van der Waals surface area contributed by atoms with Gasteiger partial charge in [0.1, 0.15) is 5.75 Å². The molecule has 5 nitrogen and oxygen atoms in total. The van der Waals surface area contributed by atoms with Crippen LogP contribution in [0.2, 0.25) is 0 Å². The fourth-order valence-electron chi connectivity index (χ4n) is 2.35. The van der Waals surface area contributed by atoms with Crippen molar-refractivity contribution in [1.82, 2.24) is 14.1 Å². The van der Waals surface area contributed by atoms with Gasteiger partial charge in [0.05, 0.1) is 18.3 Å². The number of aromatic nitrogens is 3. The lowest BCUT2D eigenvalue weighted by molar-refractivity contribution is 0.414. The predicted octanol–water partition coefficient (Wildman–Crippen LogP) is 2.04. The Kier molecular flexibility index (Phi) is 2.82. The van der Waals surface area contributed by atoms with E-state index >= 15 is 0 Å². The summed E-state index contributed by atoms with van der Waals surface area (Å²) in [7, 11) is 3.34. The van der Waals surface area contributed by atoms with Gasteiger partial charge < -0.3 is 4.74 Å². The van der Waals surface area contributed by atoms with Crippen molar-refractivity contribution in [3.05, 3.63) is 52.6 Å². The van der Waals surface area contributed by atoms with Crippen molar-refractivity contribution >= 4 is 11.2 Å². The monoisotopic (exact) mass is 269 g/mol. The summed E-state index contributed by atoms with van der Waals surface area (Å²) in [6.45, 7) is 1.97. The summed E-state index contributed by atoms with van der Waals surface area (Å²) in [5, 5.41) is 0. The Hall–Kier alpha value is -2.56. The van der Waals surface area contributed by atoms with Crippen LogP contribution in [0.5, 0.6) is 5.75 Å². The van der Waals surface area contributed by atoms with Crippen molar-refractivity contribution in [2.45, 2.75) is 6.92 Å². The van der Waals surface area contributed by atoms with Crippen LogP contribution in [0.15, 0.2) is 41.3 Å². The number of hydrogen-bond donors (Lipinski definition) is 0. The van der Waals surface area contributed by atoms with Gasteiger partial charge in [-0.25, -0.2) is 9.78 Å². The molecule has 3 aromatic rings. The van der Waals surface area contributed by atoms with Crippen molar-refractivity contribution in [2.24, 2.45) is 7.05 Å². The van der Waals surface area contributed by atoms with Crippen LogP contribution in [0.3, 0.4) is 0 Å². The highest BCUT2D eigenvalue weighted by Crippen LogP contribution is 2.23. The van der Waals surface area contributed by atoms with Crippen LogP contribution in [0.1, 0.15) is 5.56 Å². The van der Waals surface area contributed by atoms with E-state index in [0.717, 1.165) is 22.5 Å². The second-order valence-corrected chi connectivity index (χ2v) is 4.68. The number of rotatable bonds is 2. The molecule has 20 heavy (non-hydrogen) atoms. The Morgan fingerprint density at radius 1 is 1.25 bits per heavy atom. The van der Waals surface area contributed by atoms with Crippen molar-refractivity contribution in [3.8, 4) is 11.4 Å². The molecule has 0 aliphatic carbocycles. The van der Waals surface area contributed by atoms with Crippen LogP contribution in [0, 0.1) is 6.92 Å². The van der Waals surface area contributed by atoms with Crippen LogP contribution in [0.25, 0.3) is 16.9 Å². The number of pyridine rings is 1. The molecule has 0 spiro atoms. The molecule has 2 heterocycles. The van der Waals surface area contributed by atoms with Gasteiger partial charge in [-0.05, 0) is 30.7 Å². The number of fused-ring (bicyclic) bond motifs is 1. The Bertz CT molecular complexity index is 846. The van der Waals surface area contributed by atoms with E-state index in [1.807, 2.05) is 37.3 Å². The zero-order valence-electron chi connectivity index (χ0n) is 11.6. The first-order valence-electron chi connectivity index (χ1n) is 6.31. The van der Waals surface area contributed by atoms with Gasteiger partial charge in [0.2, 0.25) is 0 Å². The van der Waals surface area contributed by atoms with Crippen LogP contribution >= 0.6 is 0 Å². The standard InChI is InChI=1S/C15H15N3O2/c1-10-6-7-11(20-3)9-13(10)18-12-5-4-8-16-14(12)17(2)15(18)19/h4-9H,1-3H3. The fraction of sp³-hybridized carbons (Fsp3) is 0.200. The van der Waals surface area contributed by atoms with E-state index in [4.69, 9.17) is 4.74 Å².